The maximum Gasteiger partial charge on any atom is 0.230 e. The normalized spacial score (nSPS) is 13.1. The van der Waals surface area contributed by atoms with Gasteiger partial charge >= 0.3 is 0 Å². The maximum atomic E-state index is 11.0. The molecule has 0 aliphatic heterocycles. The standard InChI is InChI=1S/C8H17BrN2O/c1-4-7(6-11(2)3)10-8(12)5-9/h7H,4-6H2,1-3H3,(H,10,12). The van der Waals surface area contributed by atoms with Crippen LogP contribution in [0, 0.1) is 0 Å². The Balaban J connectivity index is 3.74. The van der Waals surface area contributed by atoms with E-state index in [0.717, 1.165) is 13.0 Å². The second-order valence-electron chi connectivity index (χ2n) is 3.07. The fourth-order valence-corrected chi connectivity index (χ4v) is 1.15. The van der Waals surface area contributed by atoms with Gasteiger partial charge in [0, 0.05) is 12.6 Å². The third-order valence-corrected chi connectivity index (χ3v) is 2.07. The zero-order valence-corrected chi connectivity index (χ0v) is 9.52. The number of alkyl halides is 1. The largest absolute Gasteiger partial charge is 0.351 e. The molecule has 1 N–H and O–H groups in total. The van der Waals surface area contributed by atoms with Gasteiger partial charge in [0.2, 0.25) is 5.91 Å². The Kier molecular flexibility index (Phi) is 6.38. The Labute approximate surface area is 82.6 Å². The van der Waals surface area contributed by atoms with Gasteiger partial charge in [0.15, 0.2) is 0 Å². The van der Waals surface area contributed by atoms with Crippen molar-refractivity contribution in [1.82, 2.24) is 10.2 Å². The molecule has 4 heteroatoms. The van der Waals surface area contributed by atoms with Crippen LogP contribution in [0.1, 0.15) is 13.3 Å². The Morgan fingerprint density at radius 1 is 1.58 bits per heavy atom. The molecule has 1 unspecified atom stereocenters. The van der Waals surface area contributed by atoms with E-state index in [4.69, 9.17) is 0 Å². The molecule has 72 valence electrons. The van der Waals surface area contributed by atoms with E-state index in [1.54, 1.807) is 0 Å². The van der Waals surface area contributed by atoms with E-state index in [-0.39, 0.29) is 11.9 Å². The molecule has 0 saturated carbocycles. The number of carbonyl (C=O) groups is 1. The molecular formula is C8H17BrN2O. The van der Waals surface area contributed by atoms with Crippen molar-refractivity contribution in [2.75, 3.05) is 26.0 Å². The zero-order valence-electron chi connectivity index (χ0n) is 7.93. The second kappa shape index (κ2) is 6.43. The van der Waals surface area contributed by atoms with Crippen molar-refractivity contribution in [3.8, 4) is 0 Å². The van der Waals surface area contributed by atoms with Gasteiger partial charge in [-0.1, -0.05) is 22.9 Å². The molecule has 0 aromatic carbocycles. The second-order valence-corrected chi connectivity index (χ2v) is 3.63. The third kappa shape index (κ3) is 5.55. The van der Waals surface area contributed by atoms with Gasteiger partial charge in [-0.3, -0.25) is 4.79 Å². The minimum atomic E-state index is 0.0590. The van der Waals surface area contributed by atoms with E-state index in [0.29, 0.717) is 5.33 Å². The number of hydrogen-bond donors (Lipinski definition) is 1. The first-order chi connectivity index (χ1) is 5.60. The average Bonchev–Trinajstić information content (AvgIpc) is 2.02. The first-order valence-corrected chi connectivity index (χ1v) is 5.22. The highest BCUT2D eigenvalue weighted by Crippen LogP contribution is 1.93. The molecule has 0 aliphatic rings. The highest BCUT2D eigenvalue weighted by molar-refractivity contribution is 9.09. The van der Waals surface area contributed by atoms with Crippen LogP contribution in [0.3, 0.4) is 0 Å². The summed E-state index contributed by atoms with van der Waals surface area (Å²) >= 11 is 3.11. The van der Waals surface area contributed by atoms with Crippen molar-refractivity contribution in [2.24, 2.45) is 0 Å². The van der Waals surface area contributed by atoms with Gasteiger partial charge in [-0.2, -0.15) is 0 Å². The summed E-state index contributed by atoms with van der Waals surface area (Å²) < 4.78 is 0. The Morgan fingerprint density at radius 3 is 2.50 bits per heavy atom. The first-order valence-electron chi connectivity index (χ1n) is 4.10. The zero-order chi connectivity index (χ0) is 9.56. The van der Waals surface area contributed by atoms with Crippen LogP contribution in [0.2, 0.25) is 0 Å². The Hall–Kier alpha value is -0.0900. The fourth-order valence-electron chi connectivity index (χ4n) is 0.984. The number of nitrogens with zero attached hydrogens (tertiary/aromatic N) is 1. The average molecular weight is 237 g/mol. The van der Waals surface area contributed by atoms with Crippen molar-refractivity contribution in [3.63, 3.8) is 0 Å². The van der Waals surface area contributed by atoms with Crippen LogP contribution in [0.15, 0.2) is 0 Å². The van der Waals surface area contributed by atoms with Gasteiger partial charge in [0.1, 0.15) is 0 Å². The lowest BCUT2D eigenvalue weighted by Gasteiger charge is -2.20. The summed E-state index contributed by atoms with van der Waals surface area (Å²) in [5.41, 5.74) is 0. The molecule has 0 spiro atoms. The molecule has 0 heterocycles. The molecule has 1 amide bonds. The molecule has 0 aliphatic carbocycles. The topological polar surface area (TPSA) is 32.3 Å². The van der Waals surface area contributed by atoms with Crippen molar-refractivity contribution < 1.29 is 4.79 Å². The minimum Gasteiger partial charge on any atom is -0.351 e. The van der Waals surface area contributed by atoms with Crippen molar-refractivity contribution in [3.05, 3.63) is 0 Å². The summed E-state index contributed by atoms with van der Waals surface area (Å²) in [5, 5.41) is 3.31. The van der Waals surface area contributed by atoms with Crippen LogP contribution in [0.4, 0.5) is 0 Å². The van der Waals surface area contributed by atoms with Crippen LogP contribution in [-0.2, 0) is 4.79 Å². The quantitative estimate of drug-likeness (QED) is 0.718. The van der Waals surface area contributed by atoms with E-state index < -0.39 is 0 Å². The molecule has 3 nitrogen and oxygen atoms in total. The summed E-state index contributed by atoms with van der Waals surface area (Å²) in [4.78, 5) is 13.1. The predicted octanol–water partition coefficient (Wildman–Crippen LogP) is 0.838. The maximum absolute atomic E-state index is 11.0. The Morgan fingerprint density at radius 2 is 2.17 bits per heavy atom. The Bertz CT molecular complexity index is 139. The highest BCUT2D eigenvalue weighted by Gasteiger charge is 2.09. The van der Waals surface area contributed by atoms with Crippen molar-refractivity contribution in [1.29, 1.82) is 0 Å². The fraction of sp³-hybridized carbons (Fsp3) is 0.875. The van der Waals surface area contributed by atoms with Gasteiger partial charge < -0.3 is 10.2 Å². The lowest BCUT2D eigenvalue weighted by atomic mass is 10.2. The summed E-state index contributed by atoms with van der Waals surface area (Å²) in [6.45, 7) is 2.97. The van der Waals surface area contributed by atoms with Crippen LogP contribution in [0.5, 0.6) is 0 Å². The summed E-state index contributed by atoms with van der Waals surface area (Å²) in [6, 6.07) is 0.269. The lowest BCUT2D eigenvalue weighted by molar-refractivity contribution is -0.119. The van der Waals surface area contributed by atoms with Crippen LogP contribution >= 0.6 is 15.9 Å². The SMILES string of the molecule is CCC(CN(C)C)NC(=O)CBr. The molecule has 0 fully saturated rings. The minimum absolute atomic E-state index is 0.0590. The van der Waals surface area contributed by atoms with Crippen molar-refractivity contribution >= 4 is 21.8 Å². The van der Waals surface area contributed by atoms with Gasteiger partial charge in [0.25, 0.3) is 0 Å². The van der Waals surface area contributed by atoms with E-state index >= 15 is 0 Å². The smallest absolute Gasteiger partial charge is 0.230 e. The monoisotopic (exact) mass is 236 g/mol. The molecule has 0 bridgehead atoms. The number of rotatable bonds is 5. The van der Waals surface area contributed by atoms with E-state index in [2.05, 4.69) is 33.1 Å². The van der Waals surface area contributed by atoms with Crippen LogP contribution in [0.25, 0.3) is 0 Å². The molecule has 1 atom stereocenters. The lowest BCUT2D eigenvalue weighted by Crippen LogP contribution is -2.41. The van der Waals surface area contributed by atoms with Crippen LogP contribution in [-0.4, -0.2) is 42.8 Å². The molecule has 0 rings (SSSR count). The number of carbonyl (C=O) groups excluding carboxylic acids is 1. The van der Waals surface area contributed by atoms with Gasteiger partial charge in [-0.25, -0.2) is 0 Å². The molecule has 12 heavy (non-hydrogen) atoms. The van der Waals surface area contributed by atoms with Crippen molar-refractivity contribution in [2.45, 2.75) is 19.4 Å². The number of hydrogen-bond acceptors (Lipinski definition) is 2. The van der Waals surface area contributed by atoms with Gasteiger partial charge in [0.05, 0.1) is 5.33 Å². The summed E-state index contributed by atoms with van der Waals surface area (Å²) in [5.74, 6) is 0.0590. The van der Waals surface area contributed by atoms with E-state index in [1.165, 1.54) is 0 Å². The third-order valence-electron chi connectivity index (χ3n) is 1.56. The number of amides is 1. The summed E-state index contributed by atoms with van der Waals surface area (Å²) in [6.07, 6.45) is 0.969. The molecule has 0 aromatic heterocycles. The van der Waals surface area contributed by atoms with E-state index in [9.17, 15) is 4.79 Å². The number of nitrogens with one attached hydrogen (secondary N) is 1. The molecular weight excluding hydrogens is 220 g/mol. The first kappa shape index (κ1) is 11.9. The van der Waals surface area contributed by atoms with Gasteiger partial charge in [-0.05, 0) is 20.5 Å². The highest BCUT2D eigenvalue weighted by atomic mass is 79.9. The predicted molar refractivity (Wildman–Crippen MR) is 54.6 cm³/mol. The number of halogens is 1. The van der Waals surface area contributed by atoms with Crippen LogP contribution < -0.4 is 5.32 Å². The molecule has 0 saturated heterocycles. The van der Waals surface area contributed by atoms with E-state index in [1.807, 2.05) is 14.1 Å². The van der Waals surface area contributed by atoms with Gasteiger partial charge in [-0.15, -0.1) is 0 Å². The number of likely N-dealkylation sites (N-methyl/N-ethyl adjacent to an activating group) is 1. The molecule has 0 radical (unpaired) electrons. The summed E-state index contributed by atoms with van der Waals surface area (Å²) in [7, 11) is 4.01. The molecule has 0 aromatic rings.